The molecule has 0 N–H and O–H groups in total. The lowest BCUT2D eigenvalue weighted by molar-refractivity contribution is 1.07. The van der Waals surface area contributed by atoms with E-state index in [4.69, 9.17) is 0 Å². The first-order chi connectivity index (χ1) is 18.3. The Kier molecular flexibility index (Phi) is 4.96. The monoisotopic (exact) mass is 476 g/mol. The van der Waals surface area contributed by atoms with Crippen molar-refractivity contribution in [3.05, 3.63) is 133 Å². The van der Waals surface area contributed by atoms with Gasteiger partial charge in [0.15, 0.2) is 11.6 Å². The van der Waals surface area contributed by atoms with Crippen LogP contribution in [0.1, 0.15) is 5.56 Å². The minimum absolute atomic E-state index is 0.818. The molecule has 0 radical (unpaired) electrons. The fourth-order valence-corrected chi connectivity index (χ4v) is 5.25. The molecule has 0 amide bonds. The van der Waals surface area contributed by atoms with Gasteiger partial charge < -0.3 is 4.57 Å². The first-order valence-corrected chi connectivity index (χ1v) is 12.5. The molecule has 4 heteroatoms. The van der Waals surface area contributed by atoms with Crippen molar-refractivity contribution in [2.24, 2.45) is 0 Å². The molecule has 37 heavy (non-hydrogen) atoms. The molecule has 0 spiro atoms. The van der Waals surface area contributed by atoms with Crippen molar-refractivity contribution in [2.45, 2.75) is 6.92 Å². The van der Waals surface area contributed by atoms with Crippen LogP contribution in [0.4, 0.5) is 0 Å². The van der Waals surface area contributed by atoms with E-state index in [0.717, 1.165) is 34.2 Å². The predicted octanol–water partition coefficient (Wildman–Crippen LogP) is 8.01. The molecule has 0 unspecified atom stereocenters. The van der Waals surface area contributed by atoms with Crippen LogP contribution in [0, 0.1) is 6.92 Å². The number of rotatable bonds is 4. The third kappa shape index (κ3) is 3.46. The van der Waals surface area contributed by atoms with Crippen LogP contribution >= 0.6 is 0 Å². The van der Waals surface area contributed by atoms with Gasteiger partial charge in [-0.05, 0) is 61.0 Å². The largest absolute Gasteiger partial charge is 0.309 e. The van der Waals surface area contributed by atoms with Crippen LogP contribution < -0.4 is 0 Å². The summed E-state index contributed by atoms with van der Waals surface area (Å²) >= 11 is 0. The molecule has 0 fully saturated rings. The molecule has 2 aromatic heterocycles. The van der Waals surface area contributed by atoms with Crippen LogP contribution in [-0.2, 0) is 0 Å². The molecule has 2 heterocycles. The van der Waals surface area contributed by atoms with Crippen molar-refractivity contribution in [2.75, 3.05) is 0 Å². The second-order valence-corrected chi connectivity index (χ2v) is 9.25. The van der Waals surface area contributed by atoms with Crippen molar-refractivity contribution in [1.29, 1.82) is 0 Å². The zero-order valence-electron chi connectivity index (χ0n) is 20.4. The Morgan fingerprint density at radius 1 is 0.459 bits per heavy atom. The Balaban J connectivity index is 1.39. The van der Waals surface area contributed by atoms with E-state index in [1.54, 1.807) is 0 Å². The number of hydrogen-bond acceptors (Lipinski definition) is 2. The highest BCUT2D eigenvalue weighted by Gasteiger charge is 2.19. The molecule has 0 bridgehead atoms. The highest BCUT2D eigenvalue weighted by atomic mass is 15.3. The van der Waals surface area contributed by atoms with Gasteiger partial charge in [-0.2, -0.15) is 0 Å². The molecule has 0 saturated heterocycles. The maximum Gasteiger partial charge on any atom is 0.169 e. The molecule has 0 atom stereocenters. The van der Waals surface area contributed by atoms with Gasteiger partial charge in [0, 0.05) is 33.3 Å². The van der Waals surface area contributed by atoms with Crippen molar-refractivity contribution in [1.82, 2.24) is 19.3 Å². The van der Waals surface area contributed by atoms with Gasteiger partial charge in [-0.25, -0.2) is 0 Å². The summed E-state index contributed by atoms with van der Waals surface area (Å²) in [7, 11) is 0. The van der Waals surface area contributed by atoms with Gasteiger partial charge >= 0.3 is 0 Å². The van der Waals surface area contributed by atoms with Crippen molar-refractivity contribution in [3.8, 4) is 34.2 Å². The number of aryl methyl sites for hydroxylation is 1. The van der Waals surface area contributed by atoms with Gasteiger partial charge in [-0.1, -0.05) is 78.9 Å². The van der Waals surface area contributed by atoms with Gasteiger partial charge in [0.2, 0.25) is 0 Å². The quantitative estimate of drug-likeness (QED) is 0.258. The minimum Gasteiger partial charge on any atom is -0.309 e. The van der Waals surface area contributed by atoms with E-state index in [1.165, 1.54) is 27.4 Å². The van der Waals surface area contributed by atoms with Gasteiger partial charge in [0.1, 0.15) is 0 Å². The molecule has 0 aliphatic rings. The molecule has 176 valence electrons. The van der Waals surface area contributed by atoms with Gasteiger partial charge in [-0.15, -0.1) is 10.2 Å². The number of nitrogens with zero attached hydrogens (tertiary/aromatic N) is 4. The van der Waals surface area contributed by atoms with E-state index in [1.807, 2.05) is 24.3 Å². The Bertz CT molecular complexity index is 1820. The zero-order valence-corrected chi connectivity index (χ0v) is 20.4. The number of fused-ring (bicyclic) bond motifs is 3. The average molecular weight is 477 g/mol. The summed E-state index contributed by atoms with van der Waals surface area (Å²) in [6.07, 6.45) is 0. The van der Waals surface area contributed by atoms with E-state index in [-0.39, 0.29) is 0 Å². The fraction of sp³-hybridized carbons (Fsp3) is 0.0303. The summed E-state index contributed by atoms with van der Waals surface area (Å²) in [5.41, 5.74) is 7.81. The number of benzene rings is 5. The number of aromatic nitrogens is 4. The Hall–Kier alpha value is -4.96. The normalized spacial score (nSPS) is 11.4. The first kappa shape index (κ1) is 21.3. The Morgan fingerprint density at radius 3 is 1.68 bits per heavy atom. The Morgan fingerprint density at radius 2 is 1.00 bits per heavy atom. The van der Waals surface area contributed by atoms with E-state index in [9.17, 15) is 0 Å². The van der Waals surface area contributed by atoms with Crippen molar-refractivity contribution in [3.63, 3.8) is 0 Å². The number of hydrogen-bond donors (Lipinski definition) is 0. The molecule has 7 aromatic rings. The van der Waals surface area contributed by atoms with Gasteiger partial charge in [0.25, 0.3) is 0 Å². The number of para-hydroxylation sites is 3. The average Bonchev–Trinajstić information content (AvgIpc) is 3.54. The molecule has 0 aliphatic carbocycles. The summed E-state index contributed by atoms with van der Waals surface area (Å²) in [5.74, 6) is 1.66. The lowest BCUT2D eigenvalue weighted by Crippen LogP contribution is -2.01. The highest BCUT2D eigenvalue weighted by Crippen LogP contribution is 2.34. The molecular weight excluding hydrogens is 452 g/mol. The van der Waals surface area contributed by atoms with Crippen LogP contribution in [0.15, 0.2) is 127 Å². The van der Waals surface area contributed by atoms with Crippen LogP contribution in [-0.4, -0.2) is 19.3 Å². The summed E-state index contributed by atoms with van der Waals surface area (Å²) in [6.45, 7) is 2.11. The van der Waals surface area contributed by atoms with Gasteiger partial charge in [0.05, 0.1) is 11.0 Å². The van der Waals surface area contributed by atoms with Crippen LogP contribution in [0.25, 0.3) is 56.0 Å². The van der Waals surface area contributed by atoms with Crippen LogP contribution in [0.2, 0.25) is 0 Å². The second-order valence-electron chi connectivity index (χ2n) is 9.25. The van der Waals surface area contributed by atoms with Gasteiger partial charge in [-0.3, -0.25) is 4.57 Å². The summed E-state index contributed by atoms with van der Waals surface area (Å²) in [6, 6.07) is 44.4. The maximum absolute atomic E-state index is 4.68. The maximum atomic E-state index is 4.68. The van der Waals surface area contributed by atoms with E-state index < -0.39 is 0 Å². The second kappa shape index (κ2) is 8.61. The lowest BCUT2D eigenvalue weighted by Gasteiger charge is -2.13. The smallest absolute Gasteiger partial charge is 0.169 e. The van der Waals surface area contributed by atoms with E-state index >= 15 is 0 Å². The van der Waals surface area contributed by atoms with E-state index in [2.05, 4.69) is 129 Å². The Labute approximate surface area is 215 Å². The van der Waals surface area contributed by atoms with Crippen LogP contribution in [0.5, 0.6) is 0 Å². The molecule has 0 aliphatic heterocycles. The first-order valence-electron chi connectivity index (χ1n) is 12.5. The molecule has 0 saturated carbocycles. The van der Waals surface area contributed by atoms with E-state index in [0.29, 0.717) is 0 Å². The molecule has 4 nitrogen and oxygen atoms in total. The standard InChI is InChI=1S/C33H24N4/c1-23-11-5-6-14-27(23)33-35-34-32(37(33)25-12-3-2-4-13-25)24-19-21-26(22-20-24)36-30-17-9-7-15-28(30)29-16-8-10-18-31(29)36/h2-22H,1H3. The third-order valence-corrected chi connectivity index (χ3v) is 7.03. The zero-order chi connectivity index (χ0) is 24.8. The molecule has 5 aromatic carbocycles. The minimum atomic E-state index is 0.818. The third-order valence-electron chi connectivity index (χ3n) is 7.03. The van der Waals surface area contributed by atoms with Crippen LogP contribution in [0.3, 0.4) is 0 Å². The van der Waals surface area contributed by atoms with Crippen molar-refractivity contribution >= 4 is 21.8 Å². The fourth-order valence-electron chi connectivity index (χ4n) is 5.25. The SMILES string of the molecule is Cc1ccccc1-c1nnc(-c2ccc(-n3c4ccccc4c4ccccc43)cc2)n1-c1ccccc1. The summed E-state index contributed by atoms with van der Waals surface area (Å²) in [5, 5.41) is 11.9. The lowest BCUT2D eigenvalue weighted by atomic mass is 10.1. The molecular formula is C33H24N4. The topological polar surface area (TPSA) is 35.6 Å². The summed E-state index contributed by atoms with van der Waals surface area (Å²) in [4.78, 5) is 0. The highest BCUT2D eigenvalue weighted by molar-refractivity contribution is 6.09. The predicted molar refractivity (Wildman–Crippen MR) is 151 cm³/mol. The van der Waals surface area contributed by atoms with Crippen molar-refractivity contribution < 1.29 is 0 Å². The molecule has 7 rings (SSSR count). The summed E-state index contributed by atoms with van der Waals surface area (Å²) < 4.78 is 4.48.